The molecule has 0 radical (unpaired) electrons. The summed E-state index contributed by atoms with van der Waals surface area (Å²) in [5.41, 5.74) is 2.32. The molecule has 0 aromatic heterocycles. The number of phenolic OH excluding ortho intramolecular Hbond substituents is 1. The molecule has 0 unspecified atom stereocenters. The summed E-state index contributed by atoms with van der Waals surface area (Å²) < 4.78 is 0. The van der Waals surface area contributed by atoms with Crippen LogP contribution in [0.2, 0.25) is 0 Å². The summed E-state index contributed by atoms with van der Waals surface area (Å²) >= 11 is 0. The molecule has 0 saturated carbocycles. The van der Waals surface area contributed by atoms with Gasteiger partial charge in [0.15, 0.2) is 17.8 Å². The average molecular weight is 222 g/mol. The van der Waals surface area contributed by atoms with Gasteiger partial charge < -0.3 is 5.11 Å². The maximum atomic E-state index is 9.56. The molecule has 0 bridgehead atoms. The summed E-state index contributed by atoms with van der Waals surface area (Å²) in [4.78, 5) is 3.89. The van der Waals surface area contributed by atoms with Crippen LogP contribution in [-0.2, 0) is 0 Å². The van der Waals surface area contributed by atoms with Gasteiger partial charge in [0, 0.05) is 0 Å². The molecule has 0 saturated heterocycles. The Morgan fingerprint density at radius 3 is 2.44 bits per heavy atom. The molecule has 16 heavy (non-hydrogen) atoms. The van der Waals surface area contributed by atoms with E-state index in [0.717, 1.165) is 0 Å². The Bertz CT molecular complexity index is 443. The highest BCUT2D eigenvalue weighted by Crippen LogP contribution is 2.26. The molecule has 0 aliphatic carbocycles. The lowest BCUT2D eigenvalue weighted by Gasteiger charge is -2.16. The molecule has 1 aliphatic heterocycles. The van der Waals surface area contributed by atoms with Gasteiger partial charge in [0.1, 0.15) is 5.75 Å². The predicted octanol–water partition coefficient (Wildman–Crippen LogP) is 0.450. The van der Waals surface area contributed by atoms with Crippen LogP contribution in [0.25, 0.3) is 0 Å². The van der Waals surface area contributed by atoms with Crippen LogP contribution < -0.4 is 5.48 Å². The van der Waals surface area contributed by atoms with Crippen molar-refractivity contribution in [2.45, 2.75) is 6.17 Å². The third kappa shape index (κ3) is 1.58. The smallest absolute Gasteiger partial charge is 0.192 e. The number of rotatable bonds is 1. The lowest BCUT2D eigenvalue weighted by Crippen LogP contribution is -2.33. The maximum absolute atomic E-state index is 9.56. The van der Waals surface area contributed by atoms with E-state index in [9.17, 15) is 5.21 Å². The minimum atomic E-state index is -0.789. The lowest BCUT2D eigenvalue weighted by atomic mass is 10.2. The molecule has 7 heteroatoms. The van der Waals surface area contributed by atoms with E-state index in [1.54, 1.807) is 17.6 Å². The Morgan fingerprint density at radius 2 is 1.94 bits per heavy atom. The number of nitrogens with one attached hydrogen (secondary N) is 2. The molecule has 1 aromatic carbocycles. The molecular weight excluding hydrogens is 212 g/mol. The van der Waals surface area contributed by atoms with Crippen LogP contribution >= 0.6 is 0 Å². The van der Waals surface area contributed by atoms with E-state index in [1.807, 2.05) is 0 Å². The molecule has 1 atom stereocenters. The molecule has 2 rings (SSSR count). The number of phenols is 1. The second kappa shape index (κ2) is 3.80. The SMILES string of the molecule is N=C1C(NO)=N[C@@H](c2ccc(O)cc2)N1O. The number of hydroxylamine groups is 3. The quantitative estimate of drug-likeness (QED) is 0.443. The normalized spacial score (nSPS) is 19.9. The minimum absolute atomic E-state index is 0.103. The second-order valence-electron chi connectivity index (χ2n) is 3.25. The van der Waals surface area contributed by atoms with Crippen LogP contribution in [0.4, 0.5) is 0 Å². The van der Waals surface area contributed by atoms with Crippen LogP contribution in [0.5, 0.6) is 5.75 Å². The van der Waals surface area contributed by atoms with E-state index >= 15 is 0 Å². The van der Waals surface area contributed by atoms with E-state index in [4.69, 9.17) is 15.7 Å². The molecule has 7 nitrogen and oxygen atoms in total. The highest BCUT2D eigenvalue weighted by molar-refractivity contribution is 6.39. The van der Waals surface area contributed by atoms with E-state index in [2.05, 4.69) is 4.99 Å². The van der Waals surface area contributed by atoms with E-state index in [1.165, 1.54) is 12.1 Å². The van der Waals surface area contributed by atoms with Crippen LogP contribution in [0.1, 0.15) is 11.7 Å². The topological polar surface area (TPSA) is 112 Å². The Labute approximate surface area is 90.7 Å². The zero-order chi connectivity index (χ0) is 11.7. The molecule has 0 spiro atoms. The van der Waals surface area contributed by atoms with Crippen molar-refractivity contribution >= 4 is 11.7 Å². The summed E-state index contributed by atoms with van der Waals surface area (Å²) in [5, 5.41) is 35.4. The first-order valence-electron chi connectivity index (χ1n) is 4.47. The number of aliphatic imine (C=N–C) groups is 1. The van der Waals surface area contributed by atoms with Crippen molar-refractivity contribution in [1.29, 1.82) is 5.41 Å². The maximum Gasteiger partial charge on any atom is 0.192 e. The number of hydrogen-bond donors (Lipinski definition) is 5. The van der Waals surface area contributed by atoms with E-state index in [-0.39, 0.29) is 17.4 Å². The molecule has 0 fully saturated rings. The number of amidine groups is 2. The van der Waals surface area contributed by atoms with Crippen molar-refractivity contribution in [1.82, 2.24) is 10.5 Å². The van der Waals surface area contributed by atoms with Crippen molar-refractivity contribution < 1.29 is 15.5 Å². The fraction of sp³-hybridized carbons (Fsp3) is 0.111. The van der Waals surface area contributed by atoms with Gasteiger partial charge in [-0.25, -0.2) is 15.5 Å². The molecule has 0 amide bonds. The Balaban J connectivity index is 2.32. The summed E-state index contributed by atoms with van der Waals surface area (Å²) in [6, 6.07) is 6.04. The van der Waals surface area contributed by atoms with Gasteiger partial charge in [-0.15, -0.1) is 0 Å². The first kappa shape index (κ1) is 10.4. The number of hydrogen-bond acceptors (Lipinski definition) is 6. The van der Waals surface area contributed by atoms with Crippen molar-refractivity contribution in [3.8, 4) is 5.75 Å². The second-order valence-corrected chi connectivity index (χ2v) is 3.25. The highest BCUT2D eigenvalue weighted by atomic mass is 16.5. The summed E-state index contributed by atoms with van der Waals surface area (Å²) in [6.07, 6.45) is -0.789. The molecule has 5 N–H and O–H groups in total. The van der Waals surface area contributed by atoms with Crippen molar-refractivity contribution in [3.05, 3.63) is 29.8 Å². The first-order valence-corrected chi connectivity index (χ1v) is 4.47. The van der Waals surface area contributed by atoms with Gasteiger partial charge in [0.2, 0.25) is 0 Å². The van der Waals surface area contributed by atoms with E-state index in [0.29, 0.717) is 10.6 Å². The summed E-state index contributed by atoms with van der Waals surface area (Å²) in [5.74, 6) is -0.327. The van der Waals surface area contributed by atoms with Gasteiger partial charge in [-0.05, 0) is 17.7 Å². The highest BCUT2D eigenvalue weighted by Gasteiger charge is 2.31. The number of nitrogens with zero attached hydrogens (tertiary/aromatic N) is 2. The molecule has 1 heterocycles. The van der Waals surface area contributed by atoms with Crippen molar-refractivity contribution in [3.63, 3.8) is 0 Å². The van der Waals surface area contributed by atoms with Crippen LogP contribution in [0, 0.1) is 5.41 Å². The molecule has 84 valence electrons. The monoisotopic (exact) mass is 222 g/mol. The van der Waals surface area contributed by atoms with Crippen molar-refractivity contribution in [2.24, 2.45) is 4.99 Å². The third-order valence-electron chi connectivity index (χ3n) is 2.23. The fourth-order valence-electron chi connectivity index (χ4n) is 1.41. The van der Waals surface area contributed by atoms with Gasteiger partial charge in [-0.2, -0.15) is 0 Å². The van der Waals surface area contributed by atoms with Gasteiger partial charge in [-0.3, -0.25) is 15.8 Å². The summed E-state index contributed by atoms with van der Waals surface area (Å²) in [7, 11) is 0. The molecular formula is C9H10N4O3. The predicted molar refractivity (Wildman–Crippen MR) is 54.6 cm³/mol. The van der Waals surface area contributed by atoms with E-state index < -0.39 is 6.17 Å². The van der Waals surface area contributed by atoms with Gasteiger partial charge in [-0.1, -0.05) is 12.1 Å². The average Bonchev–Trinajstić information content (AvgIpc) is 2.57. The van der Waals surface area contributed by atoms with Crippen molar-refractivity contribution in [2.75, 3.05) is 0 Å². The van der Waals surface area contributed by atoms with Gasteiger partial charge >= 0.3 is 0 Å². The number of benzene rings is 1. The number of aromatic hydroxyl groups is 1. The van der Waals surface area contributed by atoms with Crippen LogP contribution in [0.15, 0.2) is 29.3 Å². The largest absolute Gasteiger partial charge is 0.508 e. The Hall–Kier alpha value is -2.12. The zero-order valence-electron chi connectivity index (χ0n) is 8.12. The first-order chi connectivity index (χ1) is 7.63. The third-order valence-corrected chi connectivity index (χ3v) is 2.23. The van der Waals surface area contributed by atoms with Gasteiger partial charge in [0.05, 0.1) is 0 Å². The van der Waals surface area contributed by atoms with Crippen LogP contribution in [0.3, 0.4) is 0 Å². The zero-order valence-corrected chi connectivity index (χ0v) is 8.12. The molecule has 1 aliphatic rings. The Kier molecular flexibility index (Phi) is 2.47. The fourth-order valence-corrected chi connectivity index (χ4v) is 1.41. The van der Waals surface area contributed by atoms with Crippen LogP contribution in [-0.4, -0.2) is 32.3 Å². The lowest BCUT2D eigenvalue weighted by molar-refractivity contribution is -0.0454. The van der Waals surface area contributed by atoms with Gasteiger partial charge in [0.25, 0.3) is 0 Å². The standard InChI is InChI=1S/C9H10N4O3/c10-7-8(12-15)11-9(13(7)16)5-1-3-6(14)4-2-5/h1-4,9-10,14-16H,(H,11,12)/t9-/m1/s1. The Morgan fingerprint density at radius 1 is 1.31 bits per heavy atom. The molecule has 1 aromatic rings. The summed E-state index contributed by atoms with van der Waals surface area (Å²) in [6.45, 7) is 0. The minimum Gasteiger partial charge on any atom is -0.508 e.